The van der Waals surface area contributed by atoms with Gasteiger partial charge in [-0.2, -0.15) is 0 Å². The Balaban J connectivity index is 1.75. The van der Waals surface area contributed by atoms with Crippen molar-refractivity contribution < 1.29 is 14.3 Å². The minimum absolute atomic E-state index is 0.0721. The predicted molar refractivity (Wildman–Crippen MR) is 87.5 cm³/mol. The summed E-state index contributed by atoms with van der Waals surface area (Å²) < 4.78 is 10.7. The van der Waals surface area contributed by atoms with Crippen LogP contribution >= 0.6 is 11.3 Å². The summed E-state index contributed by atoms with van der Waals surface area (Å²) in [5, 5.41) is 2.85. The second-order valence-electron chi connectivity index (χ2n) is 5.60. The van der Waals surface area contributed by atoms with Crippen LogP contribution in [0.1, 0.15) is 10.6 Å². The number of likely N-dealkylation sites (N-methyl/N-ethyl adjacent to an activating group) is 1. The second kappa shape index (κ2) is 6.97. The lowest BCUT2D eigenvalue weighted by atomic mass is 10.2. The molecule has 0 fully saturated rings. The highest BCUT2D eigenvalue weighted by atomic mass is 32.1. The van der Waals surface area contributed by atoms with E-state index in [1.165, 1.54) is 0 Å². The van der Waals surface area contributed by atoms with Gasteiger partial charge in [0, 0.05) is 18.1 Å². The number of aromatic nitrogens is 1. The van der Waals surface area contributed by atoms with Gasteiger partial charge >= 0.3 is 0 Å². The van der Waals surface area contributed by atoms with Crippen molar-refractivity contribution in [1.29, 1.82) is 0 Å². The van der Waals surface area contributed by atoms with Gasteiger partial charge < -0.3 is 19.3 Å². The van der Waals surface area contributed by atoms with Gasteiger partial charge in [0.05, 0.1) is 13.1 Å². The van der Waals surface area contributed by atoms with Crippen molar-refractivity contribution in [3.05, 3.63) is 40.3 Å². The van der Waals surface area contributed by atoms with Crippen LogP contribution in [-0.4, -0.2) is 48.1 Å². The molecule has 0 N–H and O–H groups in total. The number of hydrogen-bond acceptors (Lipinski definition) is 6. The molecule has 122 valence electrons. The molecule has 23 heavy (non-hydrogen) atoms. The van der Waals surface area contributed by atoms with Crippen LogP contribution in [0.25, 0.3) is 0 Å². The van der Waals surface area contributed by atoms with Crippen LogP contribution in [0.3, 0.4) is 0 Å². The largest absolute Gasteiger partial charge is 0.454 e. The average molecular weight is 333 g/mol. The van der Waals surface area contributed by atoms with Crippen molar-refractivity contribution in [2.24, 2.45) is 0 Å². The zero-order valence-corrected chi connectivity index (χ0v) is 14.0. The number of benzene rings is 1. The van der Waals surface area contributed by atoms with Gasteiger partial charge in [-0.05, 0) is 31.8 Å². The Morgan fingerprint density at radius 1 is 1.26 bits per heavy atom. The monoisotopic (exact) mass is 333 g/mol. The molecule has 2 aromatic rings. The number of rotatable bonds is 6. The van der Waals surface area contributed by atoms with Crippen molar-refractivity contribution in [3.63, 3.8) is 0 Å². The Kier molecular flexibility index (Phi) is 4.78. The van der Waals surface area contributed by atoms with Crippen LogP contribution in [0.15, 0.2) is 29.8 Å². The normalized spacial score (nSPS) is 12.7. The van der Waals surface area contributed by atoms with E-state index < -0.39 is 0 Å². The fraction of sp³-hybridized carbons (Fsp3) is 0.375. The third kappa shape index (κ3) is 4.00. The third-order valence-electron chi connectivity index (χ3n) is 3.42. The maximum Gasteiger partial charge on any atom is 0.237 e. The molecule has 0 saturated carbocycles. The van der Waals surface area contributed by atoms with E-state index in [0.29, 0.717) is 19.6 Å². The summed E-state index contributed by atoms with van der Waals surface area (Å²) in [4.78, 5) is 20.5. The highest BCUT2D eigenvalue weighted by Gasteiger charge is 2.19. The molecule has 6 nitrogen and oxygen atoms in total. The average Bonchev–Trinajstić information content (AvgIpc) is 3.16. The summed E-state index contributed by atoms with van der Waals surface area (Å²) >= 11 is 1.55. The summed E-state index contributed by atoms with van der Waals surface area (Å²) in [6.07, 6.45) is 1.76. The van der Waals surface area contributed by atoms with Crippen molar-refractivity contribution in [1.82, 2.24) is 14.8 Å². The molecule has 3 rings (SSSR count). The van der Waals surface area contributed by atoms with Gasteiger partial charge in [0.15, 0.2) is 11.5 Å². The van der Waals surface area contributed by atoms with E-state index in [1.54, 1.807) is 17.5 Å². The molecule has 0 aliphatic carbocycles. The standard InChI is InChI=1S/C16H19N3O3S/c1-18(2)10-16(20)19(9-15-17-5-6-23-15)8-12-3-4-13-14(7-12)22-11-21-13/h3-7H,8-11H2,1-2H3. The van der Waals surface area contributed by atoms with Crippen molar-refractivity contribution in [2.75, 3.05) is 27.4 Å². The Bertz CT molecular complexity index is 673. The van der Waals surface area contributed by atoms with Gasteiger partial charge in [0.25, 0.3) is 0 Å². The summed E-state index contributed by atoms with van der Waals surface area (Å²) in [7, 11) is 3.78. The maximum atomic E-state index is 12.5. The second-order valence-corrected chi connectivity index (χ2v) is 6.58. The lowest BCUT2D eigenvalue weighted by molar-refractivity contribution is -0.133. The quantitative estimate of drug-likeness (QED) is 0.809. The number of nitrogens with zero attached hydrogens (tertiary/aromatic N) is 3. The number of carbonyl (C=O) groups is 1. The number of thiazole rings is 1. The Morgan fingerprint density at radius 2 is 2.09 bits per heavy atom. The number of amides is 1. The number of carbonyl (C=O) groups excluding carboxylic acids is 1. The molecule has 1 aliphatic heterocycles. The smallest absolute Gasteiger partial charge is 0.237 e. The molecule has 0 saturated heterocycles. The fourth-order valence-corrected chi connectivity index (χ4v) is 2.99. The topological polar surface area (TPSA) is 54.9 Å². The third-order valence-corrected chi connectivity index (χ3v) is 4.19. The summed E-state index contributed by atoms with van der Waals surface area (Å²) in [5.74, 6) is 1.56. The first-order valence-electron chi connectivity index (χ1n) is 7.31. The molecule has 1 aliphatic rings. The molecule has 0 atom stereocenters. The van der Waals surface area contributed by atoms with E-state index in [9.17, 15) is 4.79 Å². The zero-order valence-electron chi connectivity index (χ0n) is 13.2. The lowest BCUT2D eigenvalue weighted by Gasteiger charge is -2.23. The Hall–Kier alpha value is -2.12. The van der Waals surface area contributed by atoms with Crippen LogP contribution in [0.4, 0.5) is 0 Å². The van der Waals surface area contributed by atoms with Crippen molar-refractivity contribution in [3.8, 4) is 11.5 Å². The molecular formula is C16H19N3O3S. The first kappa shape index (κ1) is 15.8. The van der Waals surface area contributed by atoms with E-state index in [1.807, 2.05) is 47.5 Å². The van der Waals surface area contributed by atoms with Gasteiger partial charge in [0.1, 0.15) is 5.01 Å². The first-order chi connectivity index (χ1) is 11.1. The predicted octanol–water partition coefficient (Wildman–Crippen LogP) is 1.96. The van der Waals surface area contributed by atoms with Crippen LogP contribution in [0, 0.1) is 0 Å². The molecule has 0 unspecified atom stereocenters. The van der Waals surface area contributed by atoms with Gasteiger partial charge in [-0.3, -0.25) is 4.79 Å². The van der Waals surface area contributed by atoms with Crippen LogP contribution in [0.5, 0.6) is 11.5 Å². The van der Waals surface area contributed by atoms with Gasteiger partial charge in [-0.15, -0.1) is 11.3 Å². The number of hydrogen-bond donors (Lipinski definition) is 0. The Labute approximate surface area is 139 Å². The minimum atomic E-state index is 0.0721. The lowest BCUT2D eigenvalue weighted by Crippen LogP contribution is -2.37. The molecule has 0 spiro atoms. The molecule has 1 aromatic carbocycles. The Morgan fingerprint density at radius 3 is 2.83 bits per heavy atom. The fourth-order valence-electron chi connectivity index (χ4n) is 2.36. The van der Waals surface area contributed by atoms with Gasteiger partial charge in [-0.1, -0.05) is 6.07 Å². The number of fused-ring (bicyclic) bond motifs is 1. The van der Waals surface area contributed by atoms with E-state index in [0.717, 1.165) is 22.1 Å². The molecule has 7 heteroatoms. The maximum absolute atomic E-state index is 12.5. The molecule has 1 aromatic heterocycles. The minimum Gasteiger partial charge on any atom is -0.454 e. The summed E-state index contributed by atoms with van der Waals surface area (Å²) in [6, 6.07) is 5.78. The highest BCUT2D eigenvalue weighted by molar-refractivity contribution is 7.09. The van der Waals surface area contributed by atoms with Crippen LogP contribution < -0.4 is 9.47 Å². The zero-order chi connectivity index (χ0) is 16.2. The summed E-state index contributed by atoms with van der Waals surface area (Å²) in [6.45, 7) is 1.65. The van der Waals surface area contributed by atoms with E-state index >= 15 is 0 Å². The SMILES string of the molecule is CN(C)CC(=O)N(Cc1ccc2c(c1)OCO2)Cc1nccs1. The molecule has 1 amide bonds. The highest BCUT2D eigenvalue weighted by Crippen LogP contribution is 2.32. The van der Waals surface area contributed by atoms with Crippen molar-refractivity contribution in [2.45, 2.75) is 13.1 Å². The molecular weight excluding hydrogens is 314 g/mol. The molecule has 0 radical (unpaired) electrons. The molecule has 2 heterocycles. The van der Waals surface area contributed by atoms with Gasteiger partial charge in [0.2, 0.25) is 12.7 Å². The van der Waals surface area contributed by atoms with Crippen molar-refractivity contribution >= 4 is 17.2 Å². The number of ether oxygens (including phenoxy) is 2. The molecule has 0 bridgehead atoms. The van der Waals surface area contributed by atoms with Gasteiger partial charge in [-0.25, -0.2) is 4.98 Å². The van der Waals surface area contributed by atoms with E-state index in [2.05, 4.69) is 4.98 Å². The first-order valence-corrected chi connectivity index (χ1v) is 8.19. The van der Waals surface area contributed by atoms with Crippen LogP contribution in [-0.2, 0) is 17.9 Å². The van der Waals surface area contributed by atoms with Crippen LogP contribution in [0.2, 0.25) is 0 Å². The van der Waals surface area contributed by atoms with E-state index in [-0.39, 0.29) is 12.7 Å². The summed E-state index contributed by atoms with van der Waals surface area (Å²) in [5.41, 5.74) is 1.01. The van der Waals surface area contributed by atoms with E-state index in [4.69, 9.17) is 9.47 Å².